The smallest absolute Gasteiger partial charge is 0.327 e. The summed E-state index contributed by atoms with van der Waals surface area (Å²) in [7, 11) is 3.63. The van der Waals surface area contributed by atoms with Crippen LogP contribution in [0.3, 0.4) is 0 Å². The summed E-state index contributed by atoms with van der Waals surface area (Å²) in [6.45, 7) is 2.19. The number of imide groups is 1. The Morgan fingerprint density at radius 2 is 1.88 bits per heavy atom. The summed E-state index contributed by atoms with van der Waals surface area (Å²) in [5.74, 6) is 0.167. The SMILES string of the molecule is CNCC1CCCN(C(=O)CN2C(=O)N(C)C3(CCCCC3)C2=O)C1.Cl. The highest BCUT2D eigenvalue weighted by atomic mass is 35.5. The number of halogens is 1. The fourth-order valence-corrected chi connectivity index (χ4v) is 4.65. The highest BCUT2D eigenvalue weighted by Crippen LogP contribution is 2.39. The summed E-state index contributed by atoms with van der Waals surface area (Å²) < 4.78 is 0. The molecule has 0 bridgehead atoms. The third kappa shape index (κ3) is 3.69. The lowest BCUT2D eigenvalue weighted by atomic mass is 9.81. The van der Waals surface area contributed by atoms with Crippen LogP contribution in [-0.2, 0) is 9.59 Å². The van der Waals surface area contributed by atoms with Crippen molar-refractivity contribution in [3.05, 3.63) is 0 Å². The molecule has 1 aliphatic carbocycles. The number of carbonyl (C=O) groups is 3. The van der Waals surface area contributed by atoms with Gasteiger partial charge in [0.2, 0.25) is 5.91 Å². The normalized spacial score (nSPS) is 25.6. The third-order valence-electron chi connectivity index (χ3n) is 6.14. The van der Waals surface area contributed by atoms with Gasteiger partial charge in [-0.15, -0.1) is 12.4 Å². The Bertz CT molecular complexity index is 549. The van der Waals surface area contributed by atoms with E-state index in [2.05, 4.69) is 5.32 Å². The number of likely N-dealkylation sites (tertiary alicyclic amines) is 1. The first kappa shape index (κ1) is 21.0. The molecular formula is C18H31ClN4O3. The zero-order chi connectivity index (χ0) is 18.0. The molecule has 2 aliphatic heterocycles. The zero-order valence-corrected chi connectivity index (χ0v) is 16.6. The Morgan fingerprint density at radius 3 is 2.54 bits per heavy atom. The van der Waals surface area contributed by atoms with E-state index in [9.17, 15) is 14.4 Å². The second kappa shape index (κ2) is 8.57. The fourth-order valence-electron chi connectivity index (χ4n) is 4.65. The molecule has 1 atom stereocenters. The summed E-state index contributed by atoms with van der Waals surface area (Å²) in [4.78, 5) is 42.9. The van der Waals surface area contributed by atoms with Crippen molar-refractivity contribution >= 4 is 30.3 Å². The van der Waals surface area contributed by atoms with Crippen LogP contribution in [0.1, 0.15) is 44.9 Å². The summed E-state index contributed by atoms with van der Waals surface area (Å²) >= 11 is 0. The number of carbonyl (C=O) groups excluding carboxylic acids is 3. The van der Waals surface area contributed by atoms with Gasteiger partial charge in [-0.25, -0.2) is 4.79 Å². The van der Waals surface area contributed by atoms with E-state index in [1.54, 1.807) is 11.9 Å². The van der Waals surface area contributed by atoms with E-state index in [4.69, 9.17) is 0 Å². The third-order valence-corrected chi connectivity index (χ3v) is 6.14. The monoisotopic (exact) mass is 386 g/mol. The van der Waals surface area contributed by atoms with Crippen LogP contribution in [0.15, 0.2) is 0 Å². The highest BCUT2D eigenvalue weighted by Gasteiger charge is 2.56. The summed E-state index contributed by atoms with van der Waals surface area (Å²) in [6, 6.07) is -0.316. The molecule has 0 radical (unpaired) electrons. The van der Waals surface area contributed by atoms with Crippen LogP contribution in [0.25, 0.3) is 0 Å². The van der Waals surface area contributed by atoms with Gasteiger partial charge in [-0.3, -0.25) is 14.5 Å². The van der Waals surface area contributed by atoms with Crippen molar-refractivity contribution in [3.63, 3.8) is 0 Å². The van der Waals surface area contributed by atoms with Gasteiger partial charge in [0, 0.05) is 20.1 Å². The molecule has 3 fully saturated rings. The number of piperidine rings is 1. The number of hydrogen-bond donors (Lipinski definition) is 1. The number of amides is 4. The molecule has 1 spiro atoms. The second-order valence-electron chi connectivity index (χ2n) is 7.73. The topological polar surface area (TPSA) is 73.0 Å². The number of likely N-dealkylation sites (N-methyl/N-ethyl adjacent to an activating group) is 1. The molecule has 0 aromatic carbocycles. The van der Waals surface area contributed by atoms with Crippen molar-refractivity contribution in [3.8, 4) is 0 Å². The average molecular weight is 387 g/mol. The van der Waals surface area contributed by atoms with E-state index >= 15 is 0 Å². The standard InChI is InChI=1S/C18H30N4O3.ClH/c1-19-11-14-7-6-10-21(12-14)15(23)13-22-16(24)18(20(2)17(22)25)8-4-3-5-9-18;/h14,19H,3-13H2,1-2H3;1H. The molecule has 1 unspecified atom stereocenters. The molecule has 2 saturated heterocycles. The molecule has 1 N–H and O–H groups in total. The van der Waals surface area contributed by atoms with Crippen LogP contribution >= 0.6 is 12.4 Å². The van der Waals surface area contributed by atoms with Crippen LogP contribution in [0, 0.1) is 5.92 Å². The summed E-state index contributed by atoms with van der Waals surface area (Å²) in [5.41, 5.74) is -0.702. The van der Waals surface area contributed by atoms with Crippen molar-refractivity contribution in [1.82, 2.24) is 20.0 Å². The van der Waals surface area contributed by atoms with Crippen molar-refractivity contribution in [2.24, 2.45) is 5.92 Å². The number of hydrogen-bond acceptors (Lipinski definition) is 4. The molecular weight excluding hydrogens is 356 g/mol. The van der Waals surface area contributed by atoms with Crippen LogP contribution in [0.4, 0.5) is 4.79 Å². The second-order valence-corrected chi connectivity index (χ2v) is 7.73. The lowest BCUT2D eigenvalue weighted by Gasteiger charge is -2.36. The zero-order valence-electron chi connectivity index (χ0n) is 15.8. The maximum atomic E-state index is 13.0. The maximum absolute atomic E-state index is 13.0. The van der Waals surface area contributed by atoms with Crippen LogP contribution in [0.5, 0.6) is 0 Å². The van der Waals surface area contributed by atoms with Crippen LogP contribution in [0.2, 0.25) is 0 Å². The number of urea groups is 1. The van der Waals surface area contributed by atoms with Crippen LogP contribution in [-0.4, -0.2) is 78.4 Å². The Morgan fingerprint density at radius 1 is 1.19 bits per heavy atom. The van der Waals surface area contributed by atoms with E-state index < -0.39 is 5.54 Å². The quantitative estimate of drug-likeness (QED) is 0.742. The van der Waals surface area contributed by atoms with E-state index in [1.165, 1.54) is 4.90 Å². The number of rotatable bonds is 4. The predicted molar refractivity (Wildman–Crippen MR) is 101 cm³/mol. The van der Waals surface area contributed by atoms with Crippen molar-refractivity contribution < 1.29 is 14.4 Å². The van der Waals surface area contributed by atoms with Gasteiger partial charge in [0.15, 0.2) is 0 Å². The van der Waals surface area contributed by atoms with Crippen LogP contribution < -0.4 is 5.32 Å². The molecule has 3 rings (SSSR count). The van der Waals surface area contributed by atoms with Gasteiger partial charge in [0.25, 0.3) is 5.91 Å². The van der Waals surface area contributed by atoms with Gasteiger partial charge in [-0.2, -0.15) is 0 Å². The minimum atomic E-state index is -0.702. The van der Waals surface area contributed by atoms with Gasteiger partial charge in [-0.1, -0.05) is 19.3 Å². The molecule has 7 nitrogen and oxygen atoms in total. The minimum absolute atomic E-state index is 0. The largest absolute Gasteiger partial charge is 0.341 e. The van der Waals surface area contributed by atoms with Gasteiger partial charge >= 0.3 is 6.03 Å². The van der Waals surface area contributed by atoms with E-state index in [1.807, 2.05) is 11.9 Å². The maximum Gasteiger partial charge on any atom is 0.327 e. The molecule has 1 saturated carbocycles. The van der Waals surface area contributed by atoms with Gasteiger partial charge in [0.1, 0.15) is 12.1 Å². The molecule has 0 aromatic rings. The first-order chi connectivity index (χ1) is 12.0. The van der Waals surface area contributed by atoms with E-state index in [-0.39, 0.29) is 36.8 Å². The predicted octanol–water partition coefficient (Wildman–Crippen LogP) is 1.46. The van der Waals surface area contributed by atoms with Gasteiger partial charge in [0.05, 0.1) is 0 Å². The lowest BCUT2D eigenvalue weighted by Crippen LogP contribution is -2.50. The Labute approximate surface area is 161 Å². The average Bonchev–Trinajstić information content (AvgIpc) is 2.79. The summed E-state index contributed by atoms with van der Waals surface area (Å²) in [6.07, 6.45) is 6.55. The Balaban J connectivity index is 0.00000243. The number of nitrogens with zero attached hydrogens (tertiary/aromatic N) is 3. The first-order valence-electron chi connectivity index (χ1n) is 9.52. The van der Waals surface area contributed by atoms with E-state index in [0.29, 0.717) is 25.3 Å². The highest BCUT2D eigenvalue weighted by molar-refractivity contribution is 6.08. The Kier molecular flexibility index (Phi) is 6.91. The summed E-state index contributed by atoms with van der Waals surface area (Å²) in [5, 5.41) is 3.17. The van der Waals surface area contributed by atoms with E-state index in [0.717, 1.165) is 45.2 Å². The molecule has 0 aromatic heterocycles. The first-order valence-corrected chi connectivity index (χ1v) is 9.52. The minimum Gasteiger partial charge on any atom is -0.341 e. The lowest BCUT2D eigenvalue weighted by molar-refractivity contribution is -0.141. The molecule has 26 heavy (non-hydrogen) atoms. The van der Waals surface area contributed by atoms with Gasteiger partial charge in [-0.05, 0) is 45.2 Å². The molecule has 3 aliphatic rings. The molecule has 4 amide bonds. The molecule has 2 heterocycles. The fraction of sp³-hybridized carbons (Fsp3) is 0.833. The van der Waals surface area contributed by atoms with Crippen molar-refractivity contribution in [1.29, 1.82) is 0 Å². The molecule has 8 heteroatoms. The molecule has 148 valence electrons. The van der Waals surface area contributed by atoms with Crippen molar-refractivity contribution in [2.75, 3.05) is 40.3 Å². The van der Waals surface area contributed by atoms with Gasteiger partial charge < -0.3 is 15.1 Å². The Hall–Kier alpha value is -1.34. The van der Waals surface area contributed by atoms with Crippen molar-refractivity contribution in [2.45, 2.75) is 50.5 Å². The number of nitrogens with one attached hydrogen (secondary N) is 1.